The highest BCUT2D eigenvalue weighted by Gasteiger charge is 2.18. The van der Waals surface area contributed by atoms with Gasteiger partial charge in [0.05, 0.1) is 16.9 Å². The fourth-order valence-corrected chi connectivity index (χ4v) is 2.17. The molecule has 4 nitrogen and oxygen atoms in total. The zero-order valence-electron chi connectivity index (χ0n) is 10.9. The average molecular weight is 248 g/mol. The normalized spacial score (nSPS) is 14.3. The summed E-state index contributed by atoms with van der Waals surface area (Å²) in [5.41, 5.74) is 2.41. The van der Waals surface area contributed by atoms with Crippen LogP contribution in [0.1, 0.15) is 30.6 Å². The first-order chi connectivity index (χ1) is 8.58. The molecule has 1 aliphatic rings. The number of carbonyl (C=O) groups is 1. The summed E-state index contributed by atoms with van der Waals surface area (Å²) in [5.74, 6) is -0.210. The first-order valence-corrected chi connectivity index (χ1v) is 6.44. The molecule has 0 saturated heterocycles. The number of aromatic carboxylic acids is 1. The Labute approximate surface area is 108 Å². The van der Waals surface area contributed by atoms with Gasteiger partial charge in [-0.1, -0.05) is 13.8 Å². The van der Waals surface area contributed by atoms with Crippen molar-refractivity contribution in [2.75, 3.05) is 29.9 Å². The van der Waals surface area contributed by atoms with Gasteiger partial charge in [-0.05, 0) is 30.5 Å². The molecule has 1 aromatic rings. The molecular formula is C14H20N2O2. The molecule has 0 aliphatic carbocycles. The maximum Gasteiger partial charge on any atom is 0.335 e. The van der Waals surface area contributed by atoms with Crippen molar-refractivity contribution in [1.82, 2.24) is 0 Å². The topological polar surface area (TPSA) is 52.6 Å². The van der Waals surface area contributed by atoms with E-state index in [0.717, 1.165) is 37.4 Å². The van der Waals surface area contributed by atoms with Crippen molar-refractivity contribution in [2.24, 2.45) is 5.92 Å². The summed E-state index contributed by atoms with van der Waals surface area (Å²) in [4.78, 5) is 13.3. The standard InChI is InChI=1S/C14H20N2O2/c1-10(2)5-7-16-8-6-15-12-4-3-11(14(17)18)9-13(12)16/h3-4,9-10,15H,5-8H2,1-2H3,(H,17,18). The van der Waals surface area contributed by atoms with Gasteiger partial charge < -0.3 is 15.3 Å². The fourth-order valence-electron chi connectivity index (χ4n) is 2.17. The van der Waals surface area contributed by atoms with E-state index in [1.54, 1.807) is 12.1 Å². The average Bonchev–Trinajstić information content (AvgIpc) is 2.35. The van der Waals surface area contributed by atoms with Crippen molar-refractivity contribution in [3.8, 4) is 0 Å². The number of carboxylic acids is 1. The third-order valence-electron chi connectivity index (χ3n) is 3.26. The van der Waals surface area contributed by atoms with Gasteiger partial charge in [0, 0.05) is 19.6 Å². The van der Waals surface area contributed by atoms with Crippen LogP contribution in [0.25, 0.3) is 0 Å². The second-order valence-electron chi connectivity index (χ2n) is 5.13. The summed E-state index contributed by atoms with van der Waals surface area (Å²) in [6.07, 6.45) is 1.12. The van der Waals surface area contributed by atoms with Crippen LogP contribution in [0.5, 0.6) is 0 Å². The number of benzene rings is 1. The van der Waals surface area contributed by atoms with Crippen LogP contribution in [-0.2, 0) is 0 Å². The van der Waals surface area contributed by atoms with Gasteiger partial charge >= 0.3 is 5.97 Å². The van der Waals surface area contributed by atoms with E-state index in [-0.39, 0.29) is 0 Å². The molecule has 4 heteroatoms. The smallest absolute Gasteiger partial charge is 0.335 e. The minimum Gasteiger partial charge on any atom is -0.478 e. The van der Waals surface area contributed by atoms with Gasteiger partial charge in [-0.25, -0.2) is 4.79 Å². The van der Waals surface area contributed by atoms with E-state index in [2.05, 4.69) is 24.1 Å². The van der Waals surface area contributed by atoms with E-state index < -0.39 is 5.97 Å². The molecule has 1 aromatic carbocycles. The van der Waals surface area contributed by atoms with Crippen LogP contribution < -0.4 is 10.2 Å². The number of nitrogens with one attached hydrogen (secondary N) is 1. The van der Waals surface area contributed by atoms with Crippen LogP contribution in [0.3, 0.4) is 0 Å². The Kier molecular flexibility index (Phi) is 3.75. The maximum atomic E-state index is 11.0. The number of rotatable bonds is 4. The molecule has 2 rings (SSSR count). The minimum atomic E-state index is -0.868. The quantitative estimate of drug-likeness (QED) is 0.860. The van der Waals surface area contributed by atoms with Gasteiger partial charge in [-0.2, -0.15) is 0 Å². The summed E-state index contributed by atoms with van der Waals surface area (Å²) in [6.45, 7) is 7.24. The van der Waals surface area contributed by atoms with E-state index in [0.29, 0.717) is 11.5 Å². The van der Waals surface area contributed by atoms with E-state index in [1.807, 2.05) is 6.07 Å². The minimum absolute atomic E-state index is 0.354. The lowest BCUT2D eigenvalue weighted by molar-refractivity contribution is 0.0697. The Balaban J connectivity index is 2.23. The summed E-state index contributed by atoms with van der Waals surface area (Å²) >= 11 is 0. The largest absolute Gasteiger partial charge is 0.478 e. The monoisotopic (exact) mass is 248 g/mol. The summed E-state index contributed by atoms with van der Waals surface area (Å²) in [5, 5.41) is 12.4. The Morgan fingerprint density at radius 3 is 2.94 bits per heavy atom. The zero-order valence-corrected chi connectivity index (χ0v) is 10.9. The maximum absolute atomic E-state index is 11.0. The van der Waals surface area contributed by atoms with Crippen molar-refractivity contribution >= 4 is 17.3 Å². The second-order valence-corrected chi connectivity index (χ2v) is 5.13. The SMILES string of the molecule is CC(C)CCN1CCNc2ccc(C(=O)O)cc21. The molecular weight excluding hydrogens is 228 g/mol. The zero-order chi connectivity index (χ0) is 13.1. The van der Waals surface area contributed by atoms with Crippen LogP contribution in [0.15, 0.2) is 18.2 Å². The lowest BCUT2D eigenvalue weighted by Crippen LogP contribution is -2.35. The van der Waals surface area contributed by atoms with Gasteiger partial charge in [-0.3, -0.25) is 0 Å². The van der Waals surface area contributed by atoms with Gasteiger partial charge in [0.1, 0.15) is 0 Å². The molecule has 0 fully saturated rings. The highest BCUT2D eigenvalue weighted by Crippen LogP contribution is 2.30. The Morgan fingerprint density at radius 2 is 2.28 bits per heavy atom. The number of carboxylic acid groups (broad SMARTS) is 1. The second kappa shape index (κ2) is 5.29. The van der Waals surface area contributed by atoms with E-state index in [9.17, 15) is 4.79 Å². The van der Waals surface area contributed by atoms with Crippen LogP contribution in [0.4, 0.5) is 11.4 Å². The molecule has 2 N–H and O–H groups in total. The molecule has 0 radical (unpaired) electrons. The first kappa shape index (κ1) is 12.7. The lowest BCUT2D eigenvalue weighted by atomic mass is 10.1. The van der Waals surface area contributed by atoms with Gasteiger partial charge in [0.15, 0.2) is 0 Å². The van der Waals surface area contributed by atoms with Crippen LogP contribution >= 0.6 is 0 Å². The van der Waals surface area contributed by atoms with Gasteiger partial charge in [0.25, 0.3) is 0 Å². The molecule has 0 amide bonds. The van der Waals surface area contributed by atoms with Crippen molar-refractivity contribution < 1.29 is 9.90 Å². The molecule has 0 saturated carbocycles. The molecule has 0 bridgehead atoms. The molecule has 0 spiro atoms. The van der Waals surface area contributed by atoms with E-state index >= 15 is 0 Å². The van der Waals surface area contributed by atoms with Crippen LogP contribution in [-0.4, -0.2) is 30.7 Å². The summed E-state index contributed by atoms with van der Waals surface area (Å²) in [6, 6.07) is 5.28. The number of nitrogens with zero attached hydrogens (tertiary/aromatic N) is 1. The Hall–Kier alpha value is -1.71. The molecule has 1 heterocycles. The molecule has 98 valence electrons. The molecule has 0 aromatic heterocycles. The van der Waals surface area contributed by atoms with Crippen LogP contribution in [0, 0.1) is 5.92 Å². The van der Waals surface area contributed by atoms with E-state index in [4.69, 9.17) is 5.11 Å². The fraction of sp³-hybridized carbons (Fsp3) is 0.500. The summed E-state index contributed by atoms with van der Waals surface area (Å²) < 4.78 is 0. The highest BCUT2D eigenvalue weighted by atomic mass is 16.4. The molecule has 0 atom stereocenters. The van der Waals surface area contributed by atoms with Crippen LogP contribution in [0.2, 0.25) is 0 Å². The Morgan fingerprint density at radius 1 is 1.50 bits per heavy atom. The molecule has 18 heavy (non-hydrogen) atoms. The number of anilines is 2. The van der Waals surface area contributed by atoms with Crippen molar-refractivity contribution in [2.45, 2.75) is 20.3 Å². The summed E-state index contributed by atoms with van der Waals surface area (Å²) in [7, 11) is 0. The third kappa shape index (κ3) is 2.75. The number of fused-ring (bicyclic) bond motifs is 1. The number of hydrogen-bond donors (Lipinski definition) is 2. The van der Waals surface area contributed by atoms with Crippen molar-refractivity contribution in [3.05, 3.63) is 23.8 Å². The number of hydrogen-bond acceptors (Lipinski definition) is 3. The lowest BCUT2D eigenvalue weighted by Gasteiger charge is -2.32. The highest BCUT2D eigenvalue weighted by molar-refractivity contribution is 5.91. The first-order valence-electron chi connectivity index (χ1n) is 6.44. The third-order valence-corrected chi connectivity index (χ3v) is 3.26. The van der Waals surface area contributed by atoms with Crippen molar-refractivity contribution in [1.29, 1.82) is 0 Å². The van der Waals surface area contributed by atoms with Crippen molar-refractivity contribution in [3.63, 3.8) is 0 Å². The predicted molar refractivity (Wildman–Crippen MR) is 73.6 cm³/mol. The molecule has 0 unspecified atom stereocenters. The molecule has 1 aliphatic heterocycles. The predicted octanol–water partition coefficient (Wildman–Crippen LogP) is 2.66. The van der Waals surface area contributed by atoms with E-state index in [1.165, 1.54) is 0 Å². The Bertz CT molecular complexity index is 443. The van der Waals surface area contributed by atoms with Gasteiger partial charge in [-0.15, -0.1) is 0 Å². The van der Waals surface area contributed by atoms with Gasteiger partial charge in [0.2, 0.25) is 0 Å².